The van der Waals surface area contributed by atoms with Gasteiger partial charge in [0.05, 0.1) is 0 Å². The van der Waals surface area contributed by atoms with Gasteiger partial charge in [0.15, 0.2) is 0 Å². The number of carbonyl (C=O) groups is 2. The fraction of sp³-hybridized carbons (Fsp3) is 0.778. The van der Waals surface area contributed by atoms with E-state index < -0.39 is 11.9 Å². The first kappa shape index (κ1) is 17.0. The van der Waals surface area contributed by atoms with Crippen LogP contribution in [-0.4, -0.2) is 11.9 Å². The molecule has 0 fully saturated rings. The van der Waals surface area contributed by atoms with Crippen LogP contribution in [0.1, 0.15) is 44.9 Å². The second kappa shape index (κ2) is 11.7. The molecule has 0 spiro atoms. The number of carboxylic acids is 2. The molecule has 4 nitrogen and oxygen atoms in total. The summed E-state index contributed by atoms with van der Waals surface area (Å²) < 4.78 is 0. The summed E-state index contributed by atoms with van der Waals surface area (Å²) in [5.74, 6) is -2.04. The van der Waals surface area contributed by atoms with E-state index >= 15 is 0 Å². The fourth-order valence-corrected chi connectivity index (χ4v) is 1.07. The molecular weight excluding hydrogens is 211 g/mol. The molecule has 0 bridgehead atoms. The number of unbranched alkanes of at least 4 members (excludes halogenated alkanes) is 4. The van der Waals surface area contributed by atoms with Crippen LogP contribution in [0.4, 0.5) is 0 Å². The number of hydrogen-bond acceptors (Lipinski definition) is 4. The maximum absolute atomic E-state index is 9.98. The van der Waals surface area contributed by atoms with Gasteiger partial charge in [0.1, 0.15) is 0 Å². The van der Waals surface area contributed by atoms with Crippen LogP contribution >= 0.6 is 0 Å². The second-order valence-electron chi connectivity index (χ2n) is 3.01. The minimum Gasteiger partial charge on any atom is -0.550 e. The number of carboxylic acid groups (broad SMARTS) is 2. The normalized spacial score (nSPS) is 9.14. The van der Waals surface area contributed by atoms with Gasteiger partial charge >= 0.3 is 51.4 Å². The van der Waals surface area contributed by atoms with Crippen molar-refractivity contribution >= 4 is 11.9 Å². The van der Waals surface area contributed by atoms with Crippen molar-refractivity contribution in [2.24, 2.45) is 0 Å². The molecule has 0 aliphatic heterocycles. The average molecular weight is 225 g/mol. The van der Waals surface area contributed by atoms with E-state index in [0.717, 1.165) is 19.3 Å². The molecule has 0 unspecified atom stereocenters. The van der Waals surface area contributed by atoms with E-state index in [1.807, 2.05) is 0 Å². The minimum absolute atomic E-state index is 0. The monoisotopic (exact) mass is 225 g/mol. The van der Waals surface area contributed by atoms with E-state index in [1.165, 1.54) is 0 Å². The Morgan fingerprint density at radius 3 is 1.29 bits per heavy atom. The average Bonchev–Trinajstić information content (AvgIpc) is 2.01. The van der Waals surface area contributed by atoms with Gasteiger partial charge in [0.25, 0.3) is 0 Å². The molecule has 0 aromatic rings. The summed E-state index contributed by atoms with van der Waals surface area (Å²) in [6, 6.07) is 0. The van der Waals surface area contributed by atoms with Crippen molar-refractivity contribution in [2.75, 3.05) is 0 Å². The van der Waals surface area contributed by atoms with Crippen LogP contribution in [0.3, 0.4) is 0 Å². The standard InChI is InChI=1S/C9H16O4.K/c10-8(11)6-4-2-1-3-5-7-9(12)13;/h1-7H2,(H,10,11)(H,12,13);/q;+1/p-2. The van der Waals surface area contributed by atoms with Crippen molar-refractivity contribution < 1.29 is 71.2 Å². The van der Waals surface area contributed by atoms with E-state index in [0.29, 0.717) is 12.8 Å². The smallest absolute Gasteiger partial charge is 0.550 e. The maximum atomic E-state index is 9.98. The van der Waals surface area contributed by atoms with Gasteiger partial charge in [-0.1, -0.05) is 19.3 Å². The van der Waals surface area contributed by atoms with E-state index in [2.05, 4.69) is 0 Å². The van der Waals surface area contributed by atoms with Crippen molar-refractivity contribution in [3.05, 3.63) is 0 Å². The molecule has 0 rings (SSSR count). The van der Waals surface area contributed by atoms with E-state index in [9.17, 15) is 19.8 Å². The quantitative estimate of drug-likeness (QED) is 0.314. The molecule has 0 radical (unpaired) electrons. The Balaban J connectivity index is 0. The Morgan fingerprint density at radius 2 is 1.00 bits per heavy atom. The Hall–Kier alpha value is 0.576. The van der Waals surface area contributed by atoms with Crippen LogP contribution < -0.4 is 61.6 Å². The van der Waals surface area contributed by atoms with Crippen molar-refractivity contribution in [2.45, 2.75) is 44.9 Å². The van der Waals surface area contributed by atoms with Crippen LogP contribution in [0, 0.1) is 0 Å². The Labute approximate surface area is 126 Å². The molecule has 14 heavy (non-hydrogen) atoms. The van der Waals surface area contributed by atoms with Gasteiger partial charge in [-0.25, -0.2) is 0 Å². The molecule has 0 N–H and O–H groups in total. The SMILES string of the molecule is O=C([O-])CCCCCCCC(=O)[O-].[K+]. The van der Waals surface area contributed by atoms with E-state index in [1.54, 1.807) is 0 Å². The summed E-state index contributed by atoms with van der Waals surface area (Å²) in [6.45, 7) is 0. The molecule has 0 aliphatic rings. The first-order valence-corrected chi connectivity index (χ1v) is 4.52. The topological polar surface area (TPSA) is 80.3 Å². The van der Waals surface area contributed by atoms with E-state index in [4.69, 9.17) is 0 Å². The van der Waals surface area contributed by atoms with Gasteiger partial charge in [0, 0.05) is 11.9 Å². The summed E-state index contributed by atoms with van der Waals surface area (Å²) >= 11 is 0. The van der Waals surface area contributed by atoms with Gasteiger partial charge in [-0.05, 0) is 25.7 Å². The first-order chi connectivity index (χ1) is 6.13. The predicted octanol–water partition coefficient (Wildman–Crippen LogP) is -3.78. The molecule has 0 heterocycles. The third kappa shape index (κ3) is 15.1. The second-order valence-corrected chi connectivity index (χ2v) is 3.01. The molecule has 0 aromatic heterocycles. The number of carbonyl (C=O) groups excluding carboxylic acids is 2. The van der Waals surface area contributed by atoms with Crippen LogP contribution in [0.5, 0.6) is 0 Å². The van der Waals surface area contributed by atoms with Crippen LogP contribution in [0.25, 0.3) is 0 Å². The molecule has 76 valence electrons. The van der Waals surface area contributed by atoms with Crippen LogP contribution in [-0.2, 0) is 9.59 Å². The fourth-order valence-electron chi connectivity index (χ4n) is 1.07. The van der Waals surface area contributed by atoms with Crippen molar-refractivity contribution in [3.8, 4) is 0 Å². The Kier molecular flexibility index (Phi) is 14.1. The Morgan fingerprint density at radius 1 is 0.714 bits per heavy atom. The van der Waals surface area contributed by atoms with Gasteiger partial charge in [-0.2, -0.15) is 0 Å². The molecule has 0 saturated carbocycles. The number of aliphatic carboxylic acids is 2. The van der Waals surface area contributed by atoms with Crippen LogP contribution in [0.15, 0.2) is 0 Å². The summed E-state index contributed by atoms with van der Waals surface area (Å²) in [6.07, 6.45) is 3.95. The molecule has 5 heteroatoms. The summed E-state index contributed by atoms with van der Waals surface area (Å²) in [7, 11) is 0. The largest absolute Gasteiger partial charge is 1.00 e. The van der Waals surface area contributed by atoms with Crippen LogP contribution in [0.2, 0.25) is 0 Å². The molecule has 0 aromatic carbocycles. The molecule has 0 saturated heterocycles. The Bertz CT molecular complexity index is 152. The number of rotatable bonds is 8. The zero-order valence-electron chi connectivity index (χ0n) is 8.58. The summed E-state index contributed by atoms with van der Waals surface area (Å²) in [4.78, 5) is 20.0. The van der Waals surface area contributed by atoms with Gasteiger partial charge in [-0.15, -0.1) is 0 Å². The van der Waals surface area contributed by atoms with Crippen molar-refractivity contribution in [1.82, 2.24) is 0 Å². The summed E-state index contributed by atoms with van der Waals surface area (Å²) in [5, 5.41) is 20.0. The zero-order valence-corrected chi connectivity index (χ0v) is 11.7. The van der Waals surface area contributed by atoms with Crippen molar-refractivity contribution in [3.63, 3.8) is 0 Å². The minimum atomic E-state index is -1.02. The van der Waals surface area contributed by atoms with Crippen molar-refractivity contribution in [1.29, 1.82) is 0 Å². The van der Waals surface area contributed by atoms with Gasteiger partial charge < -0.3 is 19.8 Å². The van der Waals surface area contributed by atoms with Gasteiger partial charge in [0.2, 0.25) is 0 Å². The molecule has 0 amide bonds. The third-order valence-electron chi connectivity index (χ3n) is 1.76. The zero-order chi connectivity index (χ0) is 10.1. The maximum Gasteiger partial charge on any atom is 1.00 e. The molecule has 0 atom stereocenters. The molecular formula is C9H14KO4-. The predicted molar refractivity (Wildman–Crippen MR) is 42.3 cm³/mol. The molecule has 0 aliphatic carbocycles. The number of hydrogen-bond donors (Lipinski definition) is 0. The first-order valence-electron chi connectivity index (χ1n) is 4.52. The summed E-state index contributed by atoms with van der Waals surface area (Å²) in [5.41, 5.74) is 0. The van der Waals surface area contributed by atoms with Gasteiger partial charge in [-0.3, -0.25) is 0 Å². The third-order valence-corrected chi connectivity index (χ3v) is 1.76. The van der Waals surface area contributed by atoms with E-state index in [-0.39, 0.29) is 64.2 Å².